The van der Waals surface area contributed by atoms with E-state index in [1.54, 1.807) is 12.1 Å². The molecule has 0 fully saturated rings. The molecule has 1 rings (SSSR count). The summed E-state index contributed by atoms with van der Waals surface area (Å²) in [5.41, 5.74) is 7.48. The quantitative estimate of drug-likeness (QED) is 0.466. The average molecular weight is 198 g/mol. The largest absolute Gasteiger partial charge is 0.320 e. The van der Waals surface area contributed by atoms with Gasteiger partial charge in [0.15, 0.2) is 0 Å². The molecule has 1 aromatic rings. The lowest BCUT2D eigenvalue weighted by Crippen LogP contribution is -2.44. The molecule has 0 N–H and O–H groups in total. The molecule has 0 aliphatic carbocycles. The Kier molecular flexibility index (Phi) is 2.78. The number of hydrogen-bond donors (Lipinski definition) is 0. The molecule has 0 nitrogen and oxygen atoms in total. The smallest absolute Gasteiger partial charge is 0.207 e. The van der Waals surface area contributed by atoms with Crippen molar-refractivity contribution in [2.45, 2.75) is 0 Å². The summed E-state index contributed by atoms with van der Waals surface area (Å²) in [7, 11) is -2.70. The lowest BCUT2D eigenvalue weighted by atomic mass is 10.3. The highest BCUT2D eigenvalue weighted by Crippen LogP contribution is 2.01. The Morgan fingerprint density at radius 2 is 1.36 bits per heavy atom. The van der Waals surface area contributed by atoms with Crippen LogP contribution in [-0.4, -0.2) is 8.07 Å². The molecule has 0 bridgehead atoms. The Labute approximate surface area is 84.2 Å². The van der Waals surface area contributed by atoms with Crippen molar-refractivity contribution in [1.29, 1.82) is 0 Å². The van der Waals surface area contributed by atoms with Gasteiger partial charge < -0.3 is 0 Å². The van der Waals surface area contributed by atoms with Crippen LogP contribution in [0.15, 0.2) is 24.3 Å². The maximum Gasteiger partial charge on any atom is 0.320 e. The van der Waals surface area contributed by atoms with Crippen LogP contribution in [0.3, 0.4) is 0 Å². The molecular weight excluding hydrogens is 191 g/mol. The number of halogens is 1. The first-order valence-corrected chi connectivity index (χ1v) is 5.88. The third kappa shape index (κ3) is 1.55. The summed E-state index contributed by atoms with van der Waals surface area (Å²) < 4.78 is 12.6. The summed E-state index contributed by atoms with van der Waals surface area (Å²) in [4.78, 5) is 0. The summed E-state index contributed by atoms with van der Waals surface area (Å²) in [5, 5.41) is 0.700. The Balaban J connectivity index is 3.31. The Hall–Kier alpha value is -1.95. The molecule has 0 aliphatic heterocycles. The summed E-state index contributed by atoms with van der Waals surface area (Å²) in [6, 6.07) is 5.73. The van der Waals surface area contributed by atoms with E-state index in [0.29, 0.717) is 5.19 Å². The van der Waals surface area contributed by atoms with Gasteiger partial charge in [-0.25, -0.2) is 4.39 Å². The first-order valence-electron chi connectivity index (χ1n) is 3.88. The van der Waals surface area contributed by atoms with Gasteiger partial charge in [0.2, 0.25) is 0 Å². The van der Waals surface area contributed by atoms with Crippen LogP contribution in [0, 0.1) is 41.7 Å². The molecule has 66 valence electrons. The van der Waals surface area contributed by atoms with Gasteiger partial charge in [-0.2, -0.15) is 0 Å². The van der Waals surface area contributed by atoms with Gasteiger partial charge in [0.05, 0.1) is 0 Å². The van der Waals surface area contributed by atoms with Crippen molar-refractivity contribution in [3.8, 4) is 35.9 Å². The summed E-state index contributed by atoms with van der Waals surface area (Å²) in [5.74, 6) is -0.331. The Morgan fingerprint density at radius 3 is 1.71 bits per heavy atom. The predicted octanol–water partition coefficient (Wildman–Crippen LogP) is 0.999. The second kappa shape index (κ2) is 3.84. The van der Waals surface area contributed by atoms with Gasteiger partial charge in [-0.05, 0) is 17.3 Å². The fraction of sp³-hybridized carbons (Fsp3) is 0. The van der Waals surface area contributed by atoms with Gasteiger partial charge in [0, 0.05) is 0 Å². The standard InChI is InChI=1S/C12H7FSi/c1-4-14(5-2,6-3)12-9-7-11(13)8-10-12/h1-3,7-10H. The maximum absolute atomic E-state index is 12.6. The van der Waals surface area contributed by atoms with Crippen LogP contribution in [0.1, 0.15) is 0 Å². The average Bonchev–Trinajstić information content (AvgIpc) is 2.24. The van der Waals surface area contributed by atoms with E-state index in [2.05, 4.69) is 16.6 Å². The Morgan fingerprint density at radius 1 is 0.929 bits per heavy atom. The van der Waals surface area contributed by atoms with Crippen molar-refractivity contribution in [3.63, 3.8) is 0 Å². The lowest BCUT2D eigenvalue weighted by molar-refractivity contribution is 0.628. The van der Waals surface area contributed by atoms with Crippen molar-refractivity contribution in [2.75, 3.05) is 0 Å². The highest BCUT2D eigenvalue weighted by molar-refractivity contribution is 7.10. The molecule has 0 radical (unpaired) electrons. The van der Waals surface area contributed by atoms with Crippen LogP contribution in [-0.2, 0) is 0 Å². The van der Waals surface area contributed by atoms with Crippen LogP contribution in [0.5, 0.6) is 0 Å². The van der Waals surface area contributed by atoms with Crippen LogP contribution >= 0.6 is 0 Å². The molecule has 1 aromatic carbocycles. The van der Waals surface area contributed by atoms with Crippen LogP contribution in [0.25, 0.3) is 0 Å². The minimum absolute atomic E-state index is 0.331. The fourth-order valence-electron chi connectivity index (χ4n) is 1.07. The number of hydrogen-bond acceptors (Lipinski definition) is 0. The monoisotopic (exact) mass is 198 g/mol. The second-order valence-corrected chi connectivity index (χ2v) is 5.63. The lowest BCUT2D eigenvalue weighted by Gasteiger charge is -2.11. The van der Waals surface area contributed by atoms with E-state index >= 15 is 0 Å². The molecule has 0 saturated carbocycles. The van der Waals surface area contributed by atoms with E-state index in [4.69, 9.17) is 19.3 Å². The van der Waals surface area contributed by atoms with Gasteiger partial charge in [-0.3, -0.25) is 0 Å². The van der Waals surface area contributed by atoms with Crippen molar-refractivity contribution in [2.24, 2.45) is 0 Å². The highest BCUT2D eigenvalue weighted by atomic mass is 28.3. The van der Waals surface area contributed by atoms with Gasteiger partial charge >= 0.3 is 8.07 Å². The van der Waals surface area contributed by atoms with Gasteiger partial charge in [-0.15, -0.1) is 19.3 Å². The van der Waals surface area contributed by atoms with E-state index in [-0.39, 0.29) is 5.82 Å². The number of benzene rings is 1. The SMILES string of the molecule is C#C[Si](C#C)(C#C)c1ccc(F)cc1. The van der Waals surface area contributed by atoms with E-state index in [1.807, 2.05) is 0 Å². The van der Waals surface area contributed by atoms with Crippen LogP contribution < -0.4 is 5.19 Å². The minimum Gasteiger partial charge on any atom is -0.207 e. The van der Waals surface area contributed by atoms with E-state index in [0.717, 1.165) is 0 Å². The molecule has 0 aliphatic rings. The normalized spacial score (nSPS) is 9.57. The van der Waals surface area contributed by atoms with E-state index in [9.17, 15) is 4.39 Å². The summed E-state index contributed by atoms with van der Waals surface area (Å²) >= 11 is 0. The first kappa shape index (κ1) is 10.1. The minimum atomic E-state index is -2.70. The molecule has 0 unspecified atom stereocenters. The number of rotatable bonds is 1. The fourth-order valence-corrected chi connectivity index (χ4v) is 2.49. The van der Waals surface area contributed by atoms with Crippen molar-refractivity contribution >= 4 is 13.3 Å². The van der Waals surface area contributed by atoms with Crippen molar-refractivity contribution < 1.29 is 4.39 Å². The van der Waals surface area contributed by atoms with Crippen molar-refractivity contribution in [3.05, 3.63) is 30.1 Å². The maximum atomic E-state index is 12.6. The van der Waals surface area contributed by atoms with Gasteiger partial charge in [-0.1, -0.05) is 28.8 Å². The zero-order valence-electron chi connectivity index (χ0n) is 7.42. The van der Waals surface area contributed by atoms with Gasteiger partial charge in [0.25, 0.3) is 0 Å². The topological polar surface area (TPSA) is 0 Å². The third-order valence-corrected chi connectivity index (χ3v) is 4.43. The van der Waals surface area contributed by atoms with Crippen LogP contribution in [0.4, 0.5) is 4.39 Å². The molecule has 0 aromatic heterocycles. The summed E-state index contributed by atoms with van der Waals surface area (Å²) in [6.45, 7) is 0. The van der Waals surface area contributed by atoms with E-state index in [1.165, 1.54) is 12.1 Å². The number of terminal acetylenes is 3. The molecule has 0 atom stereocenters. The predicted molar refractivity (Wildman–Crippen MR) is 58.3 cm³/mol. The van der Waals surface area contributed by atoms with E-state index < -0.39 is 8.07 Å². The molecule has 14 heavy (non-hydrogen) atoms. The molecule has 0 heterocycles. The zero-order chi connectivity index (χ0) is 10.6. The second-order valence-electron chi connectivity index (χ2n) is 2.69. The molecular formula is C12H7FSi. The molecule has 2 heteroatoms. The molecule has 0 amide bonds. The first-order chi connectivity index (χ1) is 6.68. The highest BCUT2D eigenvalue weighted by Gasteiger charge is 2.29. The van der Waals surface area contributed by atoms with Crippen LogP contribution in [0.2, 0.25) is 0 Å². The van der Waals surface area contributed by atoms with Gasteiger partial charge in [0.1, 0.15) is 5.82 Å². The Bertz CT molecular complexity index is 415. The third-order valence-electron chi connectivity index (χ3n) is 1.93. The summed E-state index contributed by atoms with van der Waals surface area (Å²) in [6.07, 6.45) is 16.0. The zero-order valence-corrected chi connectivity index (χ0v) is 8.42. The molecule has 0 saturated heterocycles. The molecule has 0 spiro atoms. The van der Waals surface area contributed by atoms with Crippen molar-refractivity contribution in [1.82, 2.24) is 0 Å².